The van der Waals surface area contributed by atoms with E-state index in [0.29, 0.717) is 0 Å². The Morgan fingerprint density at radius 2 is 1.85 bits per heavy atom. The maximum Gasteiger partial charge on any atom is 0.123 e. The lowest BCUT2D eigenvalue weighted by Gasteiger charge is -2.46. The van der Waals surface area contributed by atoms with Crippen LogP contribution in [0, 0.1) is 5.82 Å². The third-order valence-electron chi connectivity index (χ3n) is 4.41. The summed E-state index contributed by atoms with van der Waals surface area (Å²) in [5.74, 6) is -0.164. The van der Waals surface area contributed by atoms with Crippen LogP contribution in [-0.2, 0) is 0 Å². The lowest BCUT2D eigenvalue weighted by molar-refractivity contribution is 0.0703. The molecular weight excluding hydrogens is 251 g/mol. The zero-order valence-corrected chi connectivity index (χ0v) is 13.5. The number of nitrogens with one attached hydrogen (secondary N) is 1. The Labute approximate surface area is 123 Å². The summed E-state index contributed by atoms with van der Waals surface area (Å²) < 4.78 is 13.6. The smallest absolute Gasteiger partial charge is 0.123 e. The van der Waals surface area contributed by atoms with Gasteiger partial charge in [-0.2, -0.15) is 0 Å². The molecule has 0 aromatic heterocycles. The number of nitrogens with zero attached hydrogens (tertiary/aromatic N) is 1. The van der Waals surface area contributed by atoms with Gasteiger partial charge in [0.25, 0.3) is 0 Å². The number of likely N-dealkylation sites (N-methyl/N-ethyl adjacent to an activating group) is 2. The molecule has 2 nitrogen and oxygen atoms in total. The zero-order chi connectivity index (χ0) is 15.2. The molecule has 0 amide bonds. The fourth-order valence-electron chi connectivity index (χ4n) is 3.14. The lowest BCUT2D eigenvalue weighted by atomic mass is 9.82. The summed E-state index contributed by atoms with van der Waals surface area (Å²) in [4.78, 5) is 2.46. The van der Waals surface area contributed by atoms with Crippen LogP contribution in [-0.4, -0.2) is 30.1 Å². The Morgan fingerprint density at radius 1 is 1.20 bits per heavy atom. The van der Waals surface area contributed by atoms with Gasteiger partial charge in [-0.15, -0.1) is 0 Å². The standard InChI is InChI=1S/C17H29FN2/c1-6-17(5,20(8-3)9-4)16(19-7-2)14-11-10-12-15(18)13-14/h10-13,16,19H,6-9H2,1-5H3. The summed E-state index contributed by atoms with van der Waals surface area (Å²) in [5.41, 5.74) is 1.01. The van der Waals surface area contributed by atoms with Crippen molar-refractivity contribution in [2.75, 3.05) is 19.6 Å². The van der Waals surface area contributed by atoms with Gasteiger partial charge in [-0.3, -0.25) is 4.90 Å². The van der Waals surface area contributed by atoms with E-state index in [1.165, 1.54) is 6.07 Å². The average molecular weight is 280 g/mol. The van der Waals surface area contributed by atoms with Crippen LogP contribution >= 0.6 is 0 Å². The van der Waals surface area contributed by atoms with E-state index in [1.807, 2.05) is 6.07 Å². The predicted octanol–water partition coefficient (Wildman–Crippen LogP) is 3.99. The predicted molar refractivity (Wildman–Crippen MR) is 84.4 cm³/mol. The fraction of sp³-hybridized carbons (Fsp3) is 0.647. The van der Waals surface area contributed by atoms with Gasteiger partial charge >= 0.3 is 0 Å². The second kappa shape index (κ2) is 7.75. The van der Waals surface area contributed by atoms with Crippen LogP contribution in [0.4, 0.5) is 4.39 Å². The SMILES string of the molecule is CCNC(c1cccc(F)c1)C(C)(CC)N(CC)CC. The molecule has 3 heteroatoms. The van der Waals surface area contributed by atoms with Crippen LogP contribution in [0.15, 0.2) is 24.3 Å². The van der Waals surface area contributed by atoms with E-state index in [4.69, 9.17) is 0 Å². The number of rotatable bonds is 8. The van der Waals surface area contributed by atoms with Gasteiger partial charge in [-0.25, -0.2) is 4.39 Å². The Hall–Kier alpha value is -0.930. The molecule has 0 aliphatic rings. The third-order valence-corrected chi connectivity index (χ3v) is 4.41. The molecule has 0 spiro atoms. The van der Waals surface area contributed by atoms with Crippen molar-refractivity contribution in [2.24, 2.45) is 0 Å². The number of halogens is 1. The van der Waals surface area contributed by atoms with Crippen molar-refractivity contribution in [2.45, 2.75) is 52.6 Å². The van der Waals surface area contributed by atoms with Gasteiger partial charge < -0.3 is 5.32 Å². The highest BCUT2D eigenvalue weighted by Gasteiger charge is 2.37. The molecule has 0 bridgehead atoms. The van der Waals surface area contributed by atoms with Crippen molar-refractivity contribution in [3.63, 3.8) is 0 Å². The van der Waals surface area contributed by atoms with Gasteiger partial charge in [0.1, 0.15) is 5.82 Å². The quantitative estimate of drug-likeness (QED) is 0.774. The van der Waals surface area contributed by atoms with Crippen LogP contribution in [0.2, 0.25) is 0 Å². The van der Waals surface area contributed by atoms with Gasteiger partial charge in [-0.1, -0.05) is 39.8 Å². The summed E-state index contributed by atoms with van der Waals surface area (Å²) in [6, 6.07) is 7.12. The first-order chi connectivity index (χ1) is 9.53. The van der Waals surface area contributed by atoms with Crippen molar-refractivity contribution in [3.8, 4) is 0 Å². The molecule has 1 aromatic rings. The Bertz CT molecular complexity index is 404. The van der Waals surface area contributed by atoms with E-state index in [1.54, 1.807) is 12.1 Å². The molecule has 0 heterocycles. The molecule has 0 fully saturated rings. The summed E-state index contributed by atoms with van der Waals surface area (Å²) in [6.45, 7) is 13.8. The first kappa shape index (κ1) is 17.1. The minimum Gasteiger partial charge on any atom is -0.309 e. The molecule has 0 saturated heterocycles. The Balaban J connectivity index is 3.21. The minimum absolute atomic E-state index is 0.0205. The molecule has 2 atom stereocenters. The lowest BCUT2D eigenvalue weighted by Crippen LogP contribution is -2.54. The average Bonchev–Trinajstić information content (AvgIpc) is 2.45. The normalized spacial score (nSPS) is 16.1. The van der Waals surface area contributed by atoms with Crippen LogP contribution in [0.25, 0.3) is 0 Å². The van der Waals surface area contributed by atoms with Crippen molar-refractivity contribution in [1.29, 1.82) is 0 Å². The van der Waals surface area contributed by atoms with Crippen molar-refractivity contribution in [1.82, 2.24) is 10.2 Å². The van der Waals surface area contributed by atoms with E-state index >= 15 is 0 Å². The van der Waals surface area contributed by atoms with Crippen LogP contribution in [0.1, 0.15) is 52.6 Å². The number of hydrogen-bond acceptors (Lipinski definition) is 2. The Kier molecular flexibility index (Phi) is 6.63. The van der Waals surface area contributed by atoms with E-state index in [0.717, 1.165) is 31.6 Å². The van der Waals surface area contributed by atoms with Crippen molar-refractivity contribution >= 4 is 0 Å². The highest BCUT2D eigenvalue weighted by Crippen LogP contribution is 2.34. The first-order valence-electron chi connectivity index (χ1n) is 7.77. The van der Waals surface area contributed by atoms with E-state index < -0.39 is 0 Å². The molecule has 2 unspecified atom stereocenters. The third kappa shape index (κ3) is 3.58. The molecular formula is C17H29FN2. The molecule has 1 rings (SSSR count). The van der Waals surface area contributed by atoms with Gasteiger partial charge in [0.05, 0.1) is 6.04 Å². The zero-order valence-electron chi connectivity index (χ0n) is 13.5. The van der Waals surface area contributed by atoms with Crippen LogP contribution < -0.4 is 5.32 Å². The highest BCUT2D eigenvalue weighted by molar-refractivity contribution is 5.24. The van der Waals surface area contributed by atoms with E-state index in [9.17, 15) is 4.39 Å². The van der Waals surface area contributed by atoms with Crippen LogP contribution in [0.5, 0.6) is 0 Å². The van der Waals surface area contributed by atoms with Gasteiger partial charge in [-0.05, 0) is 50.7 Å². The topological polar surface area (TPSA) is 15.3 Å². The van der Waals surface area contributed by atoms with Gasteiger partial charge in [0.2, 0.25) is 0 Å². The van der Waals surface area contributed by atoms with E-state index in [-0.39, 0.29) is 17.4 Å². The van der Waals surface area contributed by atoms with Crippen molar-refractivity contribution < 1.29 is 4.39 Å². The summed E-state index contributed by atoms with van der Waals surface area (Å²) in [5, 5.41) is 3.56. The van der Waals surface area contributed by atoms with Crippen molar-refractivity contribution in [3.05, 3.63) is 35.6 Å². The Morgan fingerprint density at radius 3 is 2.30 bits per heavy atom. The summed E-state index contributed by atoms with van der Waals surface area (Å²) >= 11 is 0. The molecule has 20 heavy (non-hydrogen) atoms. The monoisotopic (exact) mass is 280 g/mol. The molecule has 0 radical (unpaired) electrons. The fourth-order valence-corrected chi connectivity index (χ4v) is 3.14. The number of hydrogen-bond donors (Lipinski definition) is 1. The van der Waals surface area contributed by atoms with Gasteiger partial charge in [0, 0.05) is 5.54 Å². The molecule has 1 N–H and O–H groups in total. The van der Waals surface area contributed by atoms with Gasteiger partial charge in [0.15, 0.2) is 0 Å². The minimum atomic E-state index is -0.164. The second-order valence-electron chi connectivity index (χ2n) is 5.43. The molecule has 114 valence electrons. The second-order valence-corrected chi connectivity index (χ2v) is 5.43. The summed E-state index contributed by atoms with van der Waals surface area (Å²) in [7, 11) is 0. The first-order valence-corrected chi connectivity index (χ1v) is 7.77. The number of benzene rings is 1. The molecule has 1 aromatic carbocycles. The van der Waals surface area contributed by atoms with Crippen LogP contribution in [0.3, 0.4) is 0 Å². The highest BCUT2D eigenvalue weighted by atomic mass is 19.1. The molecule has 0 aliphatic carbocycles. The van der Waals surface area contributed by atoms with E-state index in [2.05, 4.69) is 44.8 Å². The maximum absolute atomic E-state index is 13.6. The molecule has 0 aliphatic heterocycles. The maximum atomic E-state index is 13.6. The largest absolute Gasteiger partial charge is 0.309 e. The summed E-state index contributed by atoms with van der Waals surface area (Å²) in [6.07, 6.45) is 1.02. The molecule has 0 saturated carbocycles.